The predicted molar refractivity (Wildman–Crippen MR) is 64.4 cm³/mol. The summed E-state index contributed by atoms with van der Waals surface area (Å²) in [4.78, 5) is 12.5. The van der Waals surface area contributed by atoms with Crippen molar-refractivity contribution in [2.24, 2.45) is 0 Å². The molecule has 1 amide bonds. The minimum absolute atomic E-state index is 0.116. The molecule has 0 saturated carbocycles. The summed E-state index contributed by atoms with van der Waals surface area (Å²) in [7, 11) is 0. The second-order valence-electron chi connectivity index (χ2n) is 4.48. The molecule has 1 unspecified atom stereocenters. The number of amides is 1. The average Bonchev–Trinajstić information content (AvgIpc) is 2.63. The molecule has 19 heavy (non-hydrogen) atoms. The van der Waals surface area contributed by atoms with E-state index in [1.54, 1.807) is 30.3 Å². The Kier molecular flexibility index (Phi) is 4.09. The van der Waals surface area contributed by atoms with Crippen molar-refractivity contribution in [2.45, 2.75) is 18.6 Å². The summed E-state index contributed by atoms with van der Waals surface area (Å²) in [5.74, 6) is -1.76. The van der Waals surface area contributed by atoms with Crippen molar-refractivity contribution in [3.63, 3.8) is 0 Å². The molecular formula is C13H15F3N2O. The predicted octanol–water partition coefficient (Wildman–Crippen LogP) is 2.11. The van der Waals surface area contributed by atoms with E-state index in [-0.39, 0.29) is 6.54 Å². The topological polar surface area (TPSA) is 32.3 Å². The maximum absolute atomic E-state index is 12.6. The van der Waals surface area contributed by atoms with Crippen molar-refractivity contribution in [1.82, 2.24) is 10.2 Å². The SMILES string of the molecule is O=C(N1CCCNCC1c1ccccc1)C(F)(F)F. The molecule has 1 N–H and O–H groups in total. The van der Waals surface area contributed by atoms with Crippen molar-refractivity contribution in [3.8, 4) is 0 Å². The third-order valence-corrected chi connectivity index (χ3v) is 3.15. The molecule has 1 aromatic carbocycles. The van der Waals surface area contributed by atoms with Crippen molar-refractivity contribution < 1.29 is 18.0 Å². The van der Waals surface area contributed by atoms with Crippen LogP contribution in [-0.4, -0.2) is 36.6 Å². The van der Waals surface area contributed by atoms with E-state index >= 15 is 0 Å². The molecule has 1 fully saturated rings. The third-order valence-electron chi connectivity index (χ3n) is 3.15. The Balaban J connectivity index is 2.29. The van der Waals surface area contributed by atoms with E-state index in [0.29, 0.717) is 19.5 Å². The Morgan fingerprint density at radius 3 is 2.58 bits per heavy atom. The Bertz CT molecular complexity index is 433. The van der Waals surface area contributed by atoms with Gasteiger partial charge in [0.15, 0.2) is 0 Å². The highest BCUT2D eigenvalue weighted by molar-refractivity contribution is 5.82. The standard InChI is InChI=1S/C13H15F3N2O/c14-13(15,16)12(19)18-8-4-7-17-9-11(18)10-5-2-1-3-6-10/h1-3,5-6,11,17H,4,7-9H2. The van der Waals surface area contributed by atoms with Crippen LogP contribution in [0.3, 0.4) is 0 Å². The first-order valence-electron chi connectivity index (χ1n) is 6.13. The van der Waals surface area contributed by atoms with Crippen LogP contribution in [-0.2, 0) is 4.79 Å². The van der Waals surface area contributed by atoms with Gasteiger partial charge in [0.2, 0.25) is 0 Å². The van der Waals surface area contributed by atoms with Crippen molar-refractivity contribution in [1.29, 1.82) is 0 Å². The van der Waals surface area contributed by atoms with E-state index in [0.717, 1.165) is 10.5 Å². The zero-order valence-corrected chi connectivity index (χ0v) is 10.3. The number of hydrogen-bond acceptors (Lipinski definition) is 2. The second-order valence-corrected chi connectivity index (χ2v) is 4.48. The number of nitrogens with zero attached hydrogens (tertiary/aromatic N) is 1. The van der Waals surface area contributed by atoms with Crippen LogP contribution >= 0.6 is 0 Å². The van der Waals surface area contributed by atoms with Gasteiger partial charge < -0.3 is 10.2 Å². The molecule has 0 radical (unpaired) electrons. The molecular weight excluding hydrogens is 257 g/mol. The second kappa shape index (κ2) is 5.61. The summed E-state index contributed by atoms with van der Waals surface area (Å²) in [5, 5.41) is 3.07. The van der Waals surface area contributed by atoms with Gasteiger partial charge in [-0.15, -0.1) is 0 Å². The first kappa shape index (κ1) is 13.9. The van der Waals surface area contributed by atoms with Crippen LogP contribution in [0.2, 0.25) is 0 Å². The van der Waals surface area contributed by atoms with Gasteiger partial charge in [0.1, 0.15) is 0 Å². The molecule has 0 aromatic heterocycles. The van der Waals surface area contributed by atoms with Gasteiger partial charge in [0.05, 0.1) is 6.04 Å². The van der Waals surface area contributed by atoms with E-state index < -0.39 is 18.1 Å². The van der Waals surface area contributed by atoms with Crippen molar-refractivity contribution in [3.05, 3.63) is 35.9 Å². The minimum atomic E-state index is -4.82. The first-order chi connectivity index (χ1) is 9.00. The normalized spacial score (nSPS) is 21.0. The van der Waals surface area contributed by atoms with E-state index in [2.05, 4.69) is 5.32 Å². The lowest BCUT2D eigenvalue weighted by Gasteiger charge is -2.30. The number of alkyl halides is 3. The summed E-state index contributed by atoms with van der Waals surface area (Å²) in [6.07, 6.45) is -4.30. The van der Waals surface area contributed by atoms with Gasteiger partial charge in [-0.25, -0.2) is 0 Å². The Morgan fingerprint density at radius 2 is 1.95 bits per heavy atom. The quantitative estimate of drug-likeness (QED) is 0.849. The lowest BCUT2D eigenvalue weighted by atomic mass is 10.1. The maximum Gasteiger partial charge on any atom is 0.471 e. The molecule has 1 aliphatic heterocycles. The summed E-state index contributed by atoms with van der Waals surface area (Å²) in [5.41, 5.74) is 0.717. The molecule has 104 valence electrons. The fraction of sp³-hybridized carbons (Fsp3) is 0.462. The van der Waals surface area contributed by atoms with Crippen LogP contribution in [0.15, 0.2) is 30.3 Å². The van der Waals surface area contributed by atoms with Gasteiger partial charge >= 0.3 is 12.1 Å². The fourth-order valence-electron chi connectivity index (χ4n) is 2.26. The molecule has 1 atom stereocenters. The highest BCUT2D eigenvalue weighted by atomic mass is 19.4. The molecule has 1 aromatic rings. The Morgan fingerprint density at radius 1 is 1.26 bits per heavy atom. The molecule has 1 heterocycles. The van der Waals surface area contributed by atoms with Gasteiger partial charge in [0, 0.05) is 13.1 Å². The number of hydrogen-bond donors (Lipinski definition) is 1. The lowest BCUT2D eigenvalue weighted by Crippen LogP contribution is -2.44. The number of carbonyl (C=O) groups excluding carboxylic acids is 1. The molecule has 1 saturated heterocycles. The molecule has 0 spiro atoms. The molecule has 2 rings (SSSR count). The Labute approximate surface area is 109 Å². The van der Waals surface area contributed by atoms with E-state index in [9.17, 15) is 18.0 Å². The summed E-state index contributed by atoms with van der Waals surface area (Å²) in [6, 6.07) is 8.23. The Hall–Kier alpha value is -1.56. The van der Waals surface area contributed by atoms with Gasteiger partial charge in [-0.2, -0.15) is 13.2 Å². The maximum atomic E-state index is 12.6. The molecule has 1 aliphatic rings. The third kappa shape index (κ3) is 3.26. The van der Waals surface area contributed by atoms with E-state index in [1.165, 1.54) is 0 Å². The zero-order chi connectivity index (χ0) is 13.9. The molecule has 3 nitrogen and oxygen atoms in total. The zero-order valence-electron chi connectivity index (χ0n) is 10.3. The van der Waals surface area contributed by atoms with Crippen LogP contribution in [0, 0.1) is 0 Å². The van der Waals surface area contributed by atoms with E-state index in [1.807, 2.05) is 0 Å². The molecule has 0 aliphatic carbocycles. The van der Waals surface area contributed by atoms with Crippen LogP contribution in [0.5, 0.6) is 0 Å². The largest absolute Gasteiger partial charge is 0.471 e. The van der Waals surface area contributed by atoms with Crippen molar-refractivity contribution in [2.75, 3.05) is 19.6 Å². The summed E-state index contributed by atoms with van der Waals surface area (Å²) < 4.78 is 37.9. The highest BCUT2D eigenvalue weighted by Crippen LogP contribution is 2.27. The lowest BCUT2D eigenvalue weighted by molar-refractivity contribution is -0.187. The number of benzene rings is 1. The fourth-order valence-corrected chi connectivity index (χ4v) is 2.26. The minimum Gasteiger partial charge on any atom is -0.327 e. The number of rotatable bonds is 1. The van der Waals surface area contributed by atoms with Gasteiger partial charge in [0.25, 0.3) is 0 Å². The number of nitrogens with one attached hydrogen (secondary N) is 1. The number of carbonyl (C=O) groups is 1. The smallest absolute Gasteiger partial charge is 0.327 e. The van der Waals surface area contributed by atoms with Gasteiger partial charge in [-0.1, -0.05) is 30.3 Å². The van der Waals surface area contributed by atoms with Gasteiger partial charge in [-0.05, 0) is 18.5 Å². The van der Waals surface area contributed by atoms with Crippen molar-refractivity contribution >= 4 is 5.91 Å². The monoisotopic (exact) mass is 272 g/mol. The van der Waals surface area contributed by atoms with E-state index in [4.69, 9.17) is 0 Å². The summed E-state index contributed by atoms with van der Waals surface area (Å²) >= 11 is 0. The molecule has 0 bridgehead atoms. The van der Waals surface area contributed by atoms with Crippen LogP contribution in [0.1, 0.15) is 18.0 Å². The van der Waals surface area contributed by atoms with Crippen LogP contribution in [0.25, 0.3) is 0 Å². The van der Waals surface area contributed by atoms with Crippen LogP contribution in [0.4, 0.5) is 13.2 Å². The molecule has 6 heteroatoms. The average molecular weight is 272 g/mol. The number of halogens is 3. The highest BCUT2D eigenvalue weighted by Gasteiger charge is 2.45. The van der Waals surface area contributed by atoms with Gasteiger partial charge in [-0.3, -0.25) is 4.79 Å². The first-order valence-corrected chi connectivity index (χ1v) is 6.13. The summed E-state index contributed by atoms with van der Waals surface area (Å²) in [6.45, 7) is 1.07. The van der Waals surface area contributed by atoms with Crippen LogP contribution < -0.4 is 5.32 Å².